The maximum absolute atomic E-state index is 12.4. The zero-order chi connectivity index (χ0) is 13.3. The standard InChI is InChI=1S/C12H13F3N2O/c13-12(14,15)8-3-1-7(2-4-8)10-5-9(16)6-11(18)17-10/h1-4,9-10H,5-6,16H2,(H,17,18). The topological polar surface area (TPSA) is 55.1 Å². The Bertz CT molecular complexity index is 442. The number of nitrogens with two attached hydrogens (primary N) is 1. The molecule has 2 atom stereocenters. The fourth-order valence-corrected chi connectivity index (χ4v) is 2.06. The van der Waals surface area contributed by atoms with E-state index in [1.165, 1.54) is 12.1 Å². The number of piperidine rings is 1. The van der Waals surface area contributed by atoms with Gasteiger partial charge in [-0.15, -0.1) is 0 Å². The Hall–Kier alpha value is -1.56. The van der Waals surface area contributed by atoms with Gasteiger partial charge < -0.3 is 11.1 Å². The summed E-state index contributed by atoms with van der Waals surface area (Å²) in [7, 11) is 0. The van der Waals surface area contributed by atoms with Gasteiger partial charge in [-0.1, -0.05) is 12.1 Å². The molecular formula is C12H13F3N2O. The molecule has 98 valence electrons. The minimum absolute atomic E-state index is 0.168. The molecule has 1 heterocycles. The molecule has 2 unspecified atom stereocenters. The summed E-state index contributed by atoms with van der Waals surface area (Å²) in [5, 5.41) is 2.72. The van der Waals surface area contributed by atoms with Crippen LogP contribution in [0.2, 0.25) is 0 Å². The highest BCUT2D eigenvalue weighted by molar-refractivity contribution is 5.78. The average molecular weight is 258 g/mol. The lowest BCUT2D eigenvalue weighted by atomic mass is 9.93. The number of carbonyl (C=O) groups excluding carboxylic acids is 1. The van der Waals surface area contributed by atoms with E-state index in [0.717, 1.165) is 12.1 Å². The summed E-state index contributed by atoms with van der Waals surface area (Å²) < 4.78 is 37.2. The SMILES string of the molecule is NC1CC(=O)NC(c2ccc(C(F)(F)F)cc2)C1. The minimum atomic E-state index is -4.34. The maximum atomic E-state index is 12.4. The van der Waals surface area contributed by atoms with E-state index in [0.29, 0.717) is 12.0 Å². The highest BCUT2D eigenvalue weighted by Crippen LogP contribution is 2.31. The summed E-state index contributed by atoms with van der Waals surface area (Å²) in [6.45, 7) is 0. The van der Waals surface area contributed by atoms with E-state index in [-0.39, 0.29) is 24.4 Å². The van der Waals surface area contributed by atoms with Crippen LogP contribution in [0.3, 0.4) is 0 Å². The molecule has 0 aliphatic carbocycles. The molecule has 1 aliphatic heterocycles. The Balaban J connectivity index is 2.17. The van der Waals surface area contributed by atoms with Gasteiger partial charge in [-0.3, -0.25) is 4.79 Å². The predicted molar refractivity (Wildman–Crippen MR) is 59.5 cm³/mol. The zero-order valence-corrected chi connectivity index (χ0v) is 9.50. The van der Waals surface area contributed by atoms with Crippen molar-refractivity contribution in [2.75, 3.05) is 0 Å². The van der Waals surface area contributed by atoms with E-state index in [2.05, 4.69) is 5.32 Å². The molecule has 0 spiro atoms. The molecule has 18 heavy (non-hydrogen) atoms. The number of amides is 1. The van der Waals surface area contributed by atoms with Crippen molar-refractivity contribution in [1.82, 2.24) is 5.32 Å². The summed E-state index contributed by atoms with van der Waals surface area (Å²) in [4.78, 5) is 11.3. The molecule has 1 fully saturated rings. The van der Waals surface area contributed by atoms with Gasteiger partial charge in [0.25, 0.3) is 0 Å². The van der Waals surface area contributed by atoms with Gasteiger partial charge in [-0.05, 0) is 24.1 Å². The number of nitrogens with one attached hydrogen (secondary N) is 1. The molecule has 1 aromatic rings. The largest absolute Gasteiger partial charge is 0.416 e. The van der Waals surface area contributed by atoms with Crippen molar-refractivity contribution in [3.8, 4) is 0 Å². The van der Waals surface area contributed by atoms with Crippen molar-refractivity contribution in [1.29, 1.82) is 0 Å². The molecule has 1 amide bonds. The van der Waals surface area contributed by atoms with Crippen LogP contribution in [0.25, 0.3) is 0 Å². The molecule has 0 bridgehead atoms. The first-order chi connectivity index (χ1) is 8.36. The predicted octanol–water partition coefficient (Wildman–Crippen LogP) is 1.98. The van der Waals surface area contributed by atoms with Gasteiger partial charge in [0.2, 0.25) is 5.91 Å². The van der Waals surface area contributed by atoms with Crippen molar-refractivity contribution in [2.24, 2.45) is 5.73 Å². The Morgan fingerprint density at radius 2 is 1.83 bits per heavy atom. The van der Waals surface area contributed by atoms with Crippen LogP contribution >= 0.6 is 0 Å². The Labute approximate surface area is 102 Å². The van der Waals surface area contributed by atoms with Crippen molar-refractivity contribution in [3.63, 3.8) is 0 Å². The number of hydrogen-bond donors (Lipinski definition) is 2. The average Bonchev–Trinajstić information content (AvgIpc) is 2.27. The van der Waals surface area contributed by atoms with Crippen molar-refractivity contribution < 1.29 is 18.0 Å². The molecule has 3 N–H and O–H groups in total. The lowest BCUT2D eigenvalue weighted by molar-refractivity contribution is -0.137. The minimum Gasteiger partial charge on any atom is -0.349 e. The maximum Gasteiger partial charge on any atom is 0.416 e. The lowest BCUT2D eigenvalue weighted by Crippen LogP contribution is -2.42. The summed E-state index contributed by atoms with van der Waals surface area (Å²) in [6, 6.07) is 4.25. The Morgan fingerprint density at radius 3 is 2.33 bits per heavy atom. The first-order valence-electron chi connectivity index (χ1n) is 5.58. The highest BCUT2D eigenvalue weighted by Gasteiger charge is 2.31. The van der Waals surface area contributed by atoms with Gasteiger partial charge in [0, 0.05) is 12.5 Å². The van der Waals surface area contributed by atoms with Crippen LogP contribution in [0.1, 0.15) is 30.0 Å². The molecule has 3 nitrogen and oxygen atoms in total. The Morgan fingerprint density at radius 1 is 1.22 bits per heavy atom. The molecule has 0 saturated carbocycles. The molecule has 1 aromatic carbocycles. The first-order valence-corrected chi connectivity index (χ1v) is 5.58. The fraction of sp³-hybridized carbons (Fsp3) is 0.417. The second kappa shape index (κ2) is 4.61. The van der Waals surface area contributed by atoms with Crippen molar-refractivity contribution >= 4 is 5.91 Å². The molecule has 1 saturated heterocycles. The summed E-state index contributed by atoms with van der Waals surface area (Å²) in [5.41, 5.74) is 5.66. The van der Waals surface area contributed by atoms with E-state index in [1.807, 2.05) is 0 Å². The second-order valence-electron chi connectivity index (χ2n) is 4.44. The van der Waals surface area contributed by atoms with Gasteiger partial charge in [0.05, 0.1) is 11.6 Å². The van der Waals surface area contributed by atoms with Crippen LogP contribution in [-0.4, -0.2) is 11.9 Å². The number of rotatable bonds is 1. The number of hydrogen-bond acceptors (Lipinski definition) is 2. The van der Waals surface area contributed by atoms with Crippen LogP contribution in [0.5, 0.6) is 0 Å². The highest BCUT2D eigenvalue weighted by atomic mass is 19.4. The number of alkyl halides is 3. The molecule has 6 heteroatoms. The van der Waals surface area contributed by atoms with Gasteiger partial charge in [0.15, 0.2) is 0 Å². The van der Waals surface area contributed by atoms with E-state index in [9.17, 15) is 18.0 Å². The molecule has 0 radical (unpaired) electrons. The Kier molecular flexibility index (Phi) is 3.30. The monoisotopic (exact) mass is 258 g/mol. The van der Waals surface area contributed by atoms with Crippen LogP contribution in [0.15, 0.2) is 24.3 Å². The van der Waals surface area contributed by atoms with Gasteiger partial charge in [-0.2, -0.15) is 13.2 Å². The smallest absolute Gasteiger partial charge is 0.349 e. The normalized spacial score (nSPS) is 24.8. The van der Waals surface area contributed by atoms with Crippen LogP contribution in [-0.2, 0) is 11.0 Å². The number of benzene rings is 1. The van der Waals surface area contributed by atoms with E-state index < -0.39 is 11.7 Å². The van der Waals surface area contributed by atoms with E-state index in [1.54, 1.807) is 0 Å². The second-order valence-corrected chi connectivity index (χ2v) is 4.44. The molecule has 2 rings (SSSR count). The number of carbonyl (C=O) groups is 1. The summed E-state index contributed by atoms with van der Waals surface area (Å²) in [5.74, 6) is -0.168. The third-order valence-corrected chi connectivity index (χ3v) is 2.96. The van der Waals surface area contributed by atoms with Crippen LogP contribution < -0.4 is 11.1 Å². The molecule has 1 aliphatic rings. The van der Waals surface area contributed by atoms with Crippen molar-refractivity contribution in [3.05, 3.63) is 35.4 Å². The van der Waals surface area contributed by atoms with Crippen molar-refractivity contribution in [2.45, 2.75) is 31.1 Å². The fourth-order valence-electron chi connectivity index (χ4n) is 2.06. The van der Waals surface area contributed by atoms with E-state index >= 15 is 0 Å². The lowest BCUT2D eigenvalue weighted by Gasteiger charge is -2.28. The van der Waals surface area contributed by atoms with Crippen LogP contribution in [0.4, 0.5) is 13.2 Å². The third-order valence-electron chi connectivity index (χ3n) is 2.96. The zero-order valence-electron chi connectivity index (χ0n) is 9.50. The summed E-state index contributed by atoms with van der Waals surface area (Å²) >= 11 is 0. The third kappa shape index (κ3) is 2.81. The van der Waals surface area contributed by atoms with Crippen LogP contribution in [0, 0.1) is 0 Å². The number of halogens is 3. The quantitative estimate of drug-likeness (QED) is 0.809. The molecule has 0 aromatic heterocycles. The van der Waals surface area contributed by atoms with Gasteiger partial charge in [0.1, 0.15) is 0 Å². The van der Waals surface area contributed by atoms with Gasteiger partial charge >= 0.3 is 6.18 Å². The first kappa shape index (κ1) is 12.9. The summed E-state index contributed by atoms with van der Waals surface area (Å²) in [6.07, 6.45) is -3.54. The van der Waals surface area contributed by atoms with E-state index in [4.69, 9.17) is 5.73 Å². The van der Waals surface area contributed by atoms with Gasteiger partial charge in [-0.25, -0.2) is 0 Å². The molecular weight excluding hydrogens is 245 g/mol.